The van der Waals surface area contributed by atoms with Crippen molar-refractivity contribution in [1.29, 1.82) is 0 Å². The minimum absolute atomic E-state index is 0.0769. The fourth-order valence-electron chi connectivity index (χ4n) is 7.02. The van der Waals surface area contributed by atoms with Gasteiger partial charge in [0, 0.05) is 66.7 Å². The van der Waals surface area contributed by atoms with Gasteiger partial charge in [0.1, 0.15) is 0 Å². The van der Waals surface area contributed by atoms with Gasteiger partial charge in [-0.2, -0.15) is 0 Å². The molecule has 3 amide bonds. The Hall–Kier alpha value is -7.72. The molecule has 1 aliphatic heterocycles. The largest absolute Gasteiger partial charge is 0.478 e. The summed E-state index contributed by atoms with van der Waals surface area (Å²) in [6.45, 7) is 9.68. The Kier molecular flexibility index (Phi) is 13.1. The summed E-state index contributed by atoms with van der Waals surface area (Å²) in [5.41, 5.74) is 13.0. The first kappa shape index (κ1) is 42.4. The van der Waals surface area contributed by atoms with Crippen LogP contribution in [0.15, 0.2) is 146 Å². The third-order valence-corrected chi connectivity index (χ3v) is 10.6. The van der Waals surface area contributed by atoms with Crippen molar-refractivity contribution in [2.75, 3.05) is 0 Å². The van der Waals surface area contributed by atoms with Gasteiger partial charge in [0.25, 0.3) is 17.7 Å². The lowest BCUT2D eigenvalue weighted by molar-refractivity contribution is 0.0695. The molecule has 7 aromatic rings. The topological polar surface area (TPSA) is 142 Å². The molecule has 1 aliphatic rings. The monoisotopic (exact) mass is 821 g/mol. The number of aryl methyl sites for hydroxylation is 4. The molecular formula is C52H47N5O5. The number of nitrogens with one attached hydrogen (secondary N) is 2. The number of fused-ring (bicyclic) bond motifs is 1. The van der Waals surface area contributed by atoms with Crippen LogP contribution in [0.25, 0.3) is 22.3 Å². The van der Waals surface area contributed by atoms with E-state index in [4.69, 9.17) is 0 Å². The molecule has 0 bridgehead atoms. The van der Waals surface area contributed by atoms with E-state index in [1.165, 1.54) is 17.2 Å². The van der Waals surface area contributed by atoms with Gasteiger partial charge in [-0.05, 0) is 121 Å². The fraction of sp³-hybridized carbons (Fsp3) is 0.154. The molecule has 62 heavy (non-hydrogen) atoms. The maximum atomic E-state index is 13.5. The molecule has 3 N–H and O–H groups in total. The van der Waals surface area contributed by atoms with Crippen molar-refractivity contribution in [3.05, 3.63) is 213 Å². The van der Waals surface area contributed by atoms with Crippen molar-refractivity contribution in [3.8, 4) is 22.3 Å². The Bertz CT molecular complexity index is 2720. The number of nitrogens with zero attached hydrogens (tertiary/aromatic N) is 3. The van der Waals surface area contributed by atoms with E-state index in [-0.39, 0.29) is 23.3 Å². The Balaban J connectivity index is 0.000000193. The Morgan fingerprint density at radius 1 is 0.516 bits per heavy atom. The summed E-state index contributed by atoms with van der Waals surface area (Å²) in [4.78, 5) is 61.0. The molecule has 10 heteroatoms. The minimum atomic E-state index is -1.07. The molecule has 0 saturated carbocycles. The molecular weight excluding hydrogens is 775 g/mol. The minimum Gasteiger partial charge on any atom is -0.478 e. The smallest absolute Gasteiger partial charge is 0.335 e. The standard InChI is InChI=1S/C30H27N3O2.C22H20N2O3/c1-20-7-11-23(12-8-20)26-13-27(29(34)32-17-22-10-9-21(2)31-16-22)15-28(14-26)30(35)33-18-24-5-3-4-6-25(24)19-33;1-14-3-7-17(8-4-14)18-9-19(11-20(10-18)22(26)27)21(25)24-13-16-6-5-15(2)23-12-16/h3-16H,17-19H2,1-2H3,(H,32,34);3-12H,13H2,1-2H3,(H,24,25)(H,26,27). The maximum Gasteiger partial charge on any atom is 0.335 e. The summed E-state index contributed by atoms with van der Waals surface area (Å²) < 4.78 is 0. The van der Waals surface area contributed by atoms with E-state index in [2.05, 4.69) is 32.7 Å². The number of aromatic nitrogens is 2. The molecule has 0 spiro atoms. The van der Waals surface area contributed by atoms with Gasteiger partial charge in [0.05, 0.1) is 5.56 Å². The van der Waals surface area contributed by atoms with Crippen LogP contribution in [0.3, 0.4) is 0 Å². The molecule has 0 saturated heterocycles. The van der Waals surface area contributed by atoms with Gasteiger partial charge in [0.15, 0.2) is 0 Å². The first-order valence-corrected chi connectivity index (χ1v) is 20.3. The number of carboxylic acids is 1. The molecule has 0 atom stereocenters. The van der Waals surface area contributed by atoms with Gasteiger partial charge in [-0.25, -0.2) is 4.79 Å². The lowest BCUT2D eigenvalue weighted by Gasteiger charge is -2.17. The number of aromatic carboxylic acids is 1. The molecule has 0 aliphatic carbocycles. The molecule has 310 valence electrons. The second-order valence-corrected chi connectivity index (χ2v) is 15.5. The predicted octanol–water partition coefficient (Wildman–Crippen LogP) is 9.45. The fourth-order valence-corrected chi connectivity index (χ4v) is 7.02. The van der Waals surface area contributed by atoms with Crippen molar-refractivity contribution in [2.24, 2.45) is 0 Å². The van der Waals surface area contributed by atoms with E-state index in [0.717, 1.165) is 50.3 Å². The number of hydrogen-bond donors (Lipinski definition) is 3. The highest BCUT2D eigenvalue weighted by Crippen LogP contribution is 2.28. The number of rotatable bonds is 10. The number of carboxylic acid groups (broad SMARTS) is 1. The summed E-state index contributed by atoms with van der Waals surface area (Å²) >= 11 is 0. The molecule has 0 unspecified atom stereocenters. The van der Waals surface area contributed by atoms with Crippen LogP contribution in [0.4, 0.5) is 0 Å². The van der Waals surface area contributed by atoms with Crippen LogP contribution in [-0.2, 0) is 26.2 Å². The van der Waals surface area contributed by atoms with Gasteiger partial charge < -0.3 is 20.6 Å². The van der Waals surface area contributed by atoms with Gasteiger partial charge in [-0.3, -0.25) is 24.4 Å². The van der Waals surface area contributed by atoms with Crippen LogP contribution in [0, 0.1) is 27.7 Å². The number of amides is 3. The van der Waals surface area contributed by atoms with Crippen molar-refractivity contribution >= 4 is 23.7 Å². The van der Waals surface area contributed by atoms with Gasteiger partial charge >= 0.3 is 5.97 Å². The second-order valence-electron chi connectivity index (χ2n) is 15.5. The van der Waals surface area contributed by atoms with E-state index >= 15 is 0 Å². The molecule has 10 nitrogen and oxygen atoms in total. The Labute approximate surface area is 361 Å². The van der Waals surface area contributed by atoms with Crippen molar-refractivity contribution < 1.29 is 24.3 Å². The van der Waals surface area contributed by atoms with Gasteiger partial charge in [-0.1, -0.05) is 96.1 Å². The summed E-state index contributed by atoms with van der Waals surface area (Å²) in [6, 6.07) is 41.7. The quantitative estimate of drug-likeness (QED) is 0.125. The molecule has 0 radical (unpaired) electrons. The zero-order valence-electron chi connectivity index (χ0n) is 35.1. The van der Waals surface area contributed by atoms with Crippen molar-refractivity contribution in [1.82, 2.24) is 25.5 Å². The first-order valence-electron chi connectivity index (χ1n) is 20.3. The summed E-state index contributed by atoms with van der Waals surface area (Å²) in [7, 11) is 0. The zero-order chi connectivity index (χ0) is 43.8. The average Bonchev–Trinajstić information content (AvgIpc) is 3.73. The average molecular weight is 822 g/mol. The highest BCUT2D eigenvalue weighted by molar-refractivity contribution is 6.02. The highest BCUT2D eigenvalue weighted by Gasteiger charge is 2.25. The number of carbonyl (C=O) groups is 4. The number of hydrogen-bond acceptors (Lipinski definition) is 6. The maximum absolute atomic E-state index is 13.5. The second kappa shape index (κ2) is 19.1. The van der Waals surface area contributed by atoms with E-state index in [1.807, 2.05) is 130 Å². The van der Waals surface area contributed by atoms with Gasteiger partial charge in [0.2, 0.25) is 0 Å². The highest BCUT2D eigenvalue weighted by atomic mass is 16.4. The Morgan fingerprint density at radius 3 is 1.35 bits per heavy atom. The Morgan fingerprint density at radius 2 is 0.935 bits per heavy atom. The van der Waals surface area contributed by atoms with E-state index in [1.54, 1.807) is 30.6 Å². The summed E-state index contributed by atoms with van der Waals surface area (Å²) in [5, 5.41) is 15.2. The van der Waals surface area contributed by atoms with Crippen LogP contribution in [0.2, 0.25) is 0 Å². The number of pyridine rings is 2. The van der Waals surface area contributed by atoms with E-state index < -0.39 is 5.97 Å². The molecule has 5 aromatic carbocycles. The van der Waals surface area contributed by atoms with Crippen LogP contribution in [-0.4, -0.2) is 43.7 Å². The number of benzene rings is 5. The molecule has 0 fully saturated rings. The van der Waals surface area contributed by atoms with E-state index in [0.29, 0.717) is 48.4 Å². The van der Waals surface area contributed by atoms with Crippen LogP contribution in [0.1, 0.15) is 86.2 Å². The SMILES string of the molecule is Cc1ccc(-c2cc(C(=O)NCc3ccc(C)nc3)cc(C(=O)N3Cc4ccccc4C3)c2)cc1.Cc1ccc(-c2cc(C(=O)O)cc(C(=O)NCc3ccc(C)nc3)c2)cc1. The van der Waals surface area contributed by atoms with E-state index in [9.17, 15) is 24.3 Å². The molecule has 2 aromatic heterocycles. The summed E-state index contributed by atoms with van der Waals surface area (Å²) in [5.74, 6) is -1.70. The third kappa shape index (κ3) is 10.7. The van der Waals surface area contributed by atoms with Gasteiger partial charge in [-0.15, -0.1) is 0 Å². The summed E-state index contributed by atoms with van der Waals surface area (Å²) in [6.07, 6.45) is 3.47. The predicted molar refractivity (Wildman–Crippen MR) is 240 cm³/mol. The normalized spacial score (nSPS) is 11.5. The molecule has 3 heterocycles. The lowest BCUT2D eigenvalue weighted by atomic mass is 9.98. The third-order valence-electron chi connectivity index (χ3n) is 10.6. The number of carbonyl (C=O) groups excluding carboxylic acids is 3. The van der Waals surface area contributed by atoms with Crippen LogP contribution >= 0.6 is 0 Å². The van der Waals surface area contributed by atoms with Crippen molar-refractivity contribution in [3.63, 3.8) is 0 Å². The van der Waals surface area contributed by atoms with Crippen LogP contribution in [0.5, 0.6) is 0 Å². The van der Waals surface area contributed by atoms with Crippen molar-refractivity contribution in [2.45, 2.75) is 53.9 Å². The lowest BCUT2D eigenvalue weighted by Crippen LogP contribution is -2.27. The first-order chi connectivity index (χ1) is 29.9. The van der Waals surface area contributed by atoms with Crippen LogP contribution < -0.4 is 10.6 Å². The molecule has 8 rings (SSSR count). The zero-order valence-corrected chi connectivity index (χ0v) is 35.1.